The second kappa shape index (κ2) is 2.99. The third-order valence-corrected chi connectivity index (χ3v) is 1.96. The van der Waals surface area contributed by atoms with Crippen molar-refractivity contribution in [2.24, 2.45) is 0 Å². The highest BCUT2D eigenvalue weighted by atomic mass is 16.4. The maximum atomic E-state index is 10.6. The van der Waals surface area contributed by atoms with Gasteiger partial charge in [0.2, 0.25) is 0 Å². The summed E-state index contributed by atoms with van der Waals surface area (Å²) in [6, 6.07) is 6.75. The van der Waals surface area contributed by atoms with Crippen molar-refractivity contribution in [3.63, 3.8) is 0 Å². The van der Waals surface area contributed by atoms with Crippen LogP contribution in [0.4, 0.5) is 5.69 Å². The number of fused-ring (bicyclic) bond motifs is 1. The normalized spacial score (nSPS) is 10.3. The number of hydrogen-bond donors (Lipinski definition) is 2. The summed E-state index contributed by atoms with van der Waals surface area (Å²) in [5.41, 5.74) is 7.07. The predicted molar refractivity (Wildman–Crippen MR) is 53.1 cm³/mol. The number of nitrogen functional groups attached to an aromatic ring is 1. The van der Waals surface area contributed by atoms with E-state index in [4.69, 9.17) is 10.8 Å². The molecule has 0 atom stereocenters. The van der Waals surface area contributed by atoms with Gasteiger partial charge in [-0.3, -0.25) is 4.98 Å². The highest BCUT2D eigenvalue weighted by Crippen LogP contribution is 2.16. The van der Waals surface area contributed by atoms with Gasteiger partial charge in [0.05, 0.1) is 11.1 Å². The van der Waals surface area contributed by atoms with E-state index in [-0.39, 0.29) is 5.56 Å². The average Bonchev–Trinajstić information content (AvgIpc) is 2.16. The van der Waals surface area contributed by atoms with Gasteiger partial charge in [-0.05, 0) is 18.2 Å². The van der Waals surface area contributed by atoms with Crippen molar-refractivity contribution in [3.05, 3.63) is 36.0 Å². The van der Waals surface area contributed by atoms with Crippen LogP contribution in [0.5, 0.6) is 0 Å². The van der Waals surface area contributed by atoms with Crippen LogP contribution in [0.1, 0.15) is 10.4 Å². The van der Waals surface area contributed by atoms with Gasteiger partial charge in [-0.15, -0.1) is 0 Å². The van der Waals surface area contributed by atoms with Gasteiger partial charge < -0.3 is 10.8 Å². The van der Waals surface area contributed by atoms with E-state index in [1.54, 1.807) is 24.3 Å². The van der Waals surface area contributed by atoms with E-state index in [1.165, 1.54) is 6.20 Å². The van der Waals surface area contributed by atoms with Gasteiger partial charge in [-0.25, -0.2) is 4.79 Å². The molecular formula is C10H8N2O2. The Balaban J connectivity index is 2.67. The van der Waals surface area contributed by atoms with Crippen molar-refractivity contribution < 1.29 is 9.90 Å². The van der Waals surface area contributed by atoms with Crippen molar-refractivity contribution in [3.8, 4) is 0 Å². The highest BCUT2D eigenvalue weighted by Gasteiger charge is 2.04. The Morgan fingerprint density at radius 3 is 2.86 bits per heavy atom. The molecule has 3 N–H and O–H groups in total. The minimum atomic E-state index is -0.976. The van der Waals surface area contributed by atoms with Crippen LogP contribution in [0.25, 0.3) is 10.9 Å². The first-order valence-electron chi connectivity index (χ1n) is 4.05. The summed E-state index contributed by atoms with van der Waals surface area (Å²) in [5.74, 6) is -0.976. The van der Waals surface area contributed by atoms with Gasteiger partial charge in [0.25, 0.3) is 0 Å². The molecule has 1 heterocycles. The van der Waals surface area contributed by atoms with E-state index < -0.39 is 5.97 Å². The van der Waals surface area contributed by atoms with E-state index in [0.29, 0.717) is 11.2 Å². The van der Waals surface area contributed by atoms with Gasteiger partial charge in [-0.1, -0.05) is 6.07 Å². The molecule has 0 spiro atoms. The van der Waals surface area contributed by atoms with Crippen LogP contribution >= 0.6 is 0 Å². The van der Waals surface area contributed by atoms with Crippen molar-refractivity contribution in [1.29, 1.82) is 0 Å². The zero-order chi connectivity index (χ0) is 10.1. The predicted octanol–water partition coefficient (Wildman–Crippen LogP) is 1.52. The number of carbonyl (C=O) groups is 1. The lowest BCUT2D eigenvalue weighted by Gasteiger charge is -1.99. The van der Waals surface area contributed by atoms with Gasteiger partial charge in [-0.2, -0.15) is 0 Å². The summed E-state index contributed by atoms with van der Waals surface area (Å²) in [6.07, 6.45) is 1.32. The molecule has 14 heavy (non-hydrogen) atoms. The molecule has 0 amide bonds. The lowest BCUT2D eigenvalue weighted by Crippen LogP contribution is -1.97. The number of nitrogens with two attached hydrogens (primary N) is 1. The Hall–Kier alpha value is -2.10. The molecule has 2 aromatic rings. The summed E-state index contributed by atoms with van der Waals surface area (Å²) < 4.78 is 0. The number of aromatic nitrogens is 1. The van der Waals surface area contributed by atoms with Crippen LogP contribution in [0.2, 0.25) is 0 Å². The van der Waals surface area contributed by atoms with Crippen LogP contribution in [0, 0.1) is 0 Å². The largest absolute Gasteiger partial charge is 0.478 e. The van der Waals surface area contributed by atoms with E-state index in [0.717, 1.165) is 5.39 Å². The monoisotopic (exact) mass is 188 g/mol. The number of aromatic carboxylic acids is 1. The number of nitrogens with zero attached hydrogens (tertiary/aromatic N) is 1. The fraction of sp³-hybridized carbons (Fsp3) is 0. The number of anilines is 1. The molecule has 4 nitrogen and oxygen atoms in total. The van der Waals surface area contributed by atoms with Crippen molar-refractivity contribution >= 4 is 22.6 Å². The van der Waals surface area contributed by atoms with Gasteiger partial charge in [0.15, 0.2) is 0 Å². The number of carboxylic acids is 1. The first-order valence-corrected chi connectivity index (χ1v) is 4.05. The molecule has 0 aliphatic carbocycles. The molecule has 4 heteroatoms. The molecule has 0 saturated heterocycles. The molecule has 1 aromatic carbocycles. The topological polar surface area (TPSA) is 76.2 Å². The molecular weight excluding hydrogens is 180 g/mol. The van der Waals surface area contributed by atoms with E-state index in [2.05, 4.69) is 4.98 Å². The zero-order valence-corrected chi connectivity index (χ0v) is 7.27. The summed E-state index contributed by atoms with van der Waals surface area (Å²) in [6.45, 7) is 0. The maximum Gasteiger partial charge on any atom is 0.337 e. The number of benzene rings is 1. The first kappa shape index (κ1) is 8.50. The average molecular weight is 188 g/mol. The van der Waals surface area contributed by atoms with Gasteiger partial charge in [0, 0.05) is 17.3 Å². The molecule has 0 bridgehead atoms. The summed E-state index contributed by atoms with van der Waals surface area (Å²) in [4.78, 5) is 14.6. The quantitative estimate of drug-likeness (QED) is 0.665. The molecule has 0 radical (unpaired) electrons. The van der Waals surface area contributed by atoms with E-state index in [1.807, 2.05) is 0 Å². The fourth-order valence-electron chi connectivity index (χ4n) is 1.26. The van der Waals surface area contributed by atoms with Crippen LogP contribution in [0.15, 0.2) is 30.5 Å². The van der Waals surface area contributed by atoms with Crippen molar-refractivity contribution in [2.45, 2.75) is 0 Å². The first-order chi connectivity index (χ1) is 6.66. The Kier molecular flexibility index (Phi) is 1.81. The molecule has 2 rings (SSSR count). The second-order valence-corrected chi connectivity index (χ2v) is 2.98. The fourth-order valence-corrected chi connectivity index (χ4v) is 1.26. The summed E-state index contributed by atoms with van der Waals surface area (Å²) in [5, 5.41) is 9.51. The number of carboxylic acid groups (broad SMARTS) is 1. The van der Waals surface area contributed by atoms with Crippen LogP contribution < -0.4 is 5.73 Å². The molecule has 0 aliphatic heterocycles. The smallest absolute Gasteiger partial charge is 0.337 e. The standard InChI is InChI=1S/C10H8N2O2/c11-8-2-1-6-3-7(10(13)14)5-12-9(6)4-8/h1-5H,11H2,(H,13,14). The van der Waals surface area contributed by atoms with Gasteiger partial charge >= 0.3 is 5.97 Å². The van der Waals surface area contributed by atoms with Crippen LogP contribution in [0.3, 0.4) is 0 Å². The maximum absolute atomic E-state index is 10.6. The Morgan fingerprint density at radius 1 is 1.36 bits per heavy atom. The summed E-state index contributed by atoms with van der Waals surface area (Å²) in [7, 11) is 0. The summed E-state index contributed by atoms with van der Waals surface area (Å²) >= 11 is 0. The minimum Gasteiger partial charge on any atom is -0.478 e. The Bertz CT molecular complexity index is 508. The minimum absolute atomic E-state index is 0.183. The lowest BCUT2D eigenvalue weighted by molar-refractivity contribution is 0.0696. The third kappa shape index (κ3) is 1.37. The van der Waals surface area contributed by atoms with Crippen molar-refractivity contribution in [1.82, 2.24) is 4.98 Å². The van der Waals surface area contributed by atoms with Crippen LogP contribution in [-0.2, 0) is 0 Å². The highest BCUT2D eigenvalue weighted by molar-refractivity contribution is 5.93. The zero-order valence-electron chi connectivity index (χ0n) is 7.27. The number of hydrogen-bond acceptors (Lipinski definition) is 3. The SMILES string of the molecule is Nc1ccc2cc(C(=O)O)cnc2c1. The van der Waals surface area contributed by atoms with E-state index >= 15 is 0 Å². The van der Waals surface area contributed by atoms with Crippen LogP contribution in [-0.4, -0.2) is 16.1 Å². The van der Waals surface area contributed by atoms with Crippen molar-refractivity contribution in [2.75, 3.05) is 5.73 Å². The number of rotatable bonds is 1. The molecule has 0 unspecified atom stereocenters. The lowest BCUT2D eigenvalue weighted by atomic mass is 10.1. The van der Waals surface area contributed by atoms with Gasteiger partial charge in [0.1, 0.15) is 0 Å². The molecule has 0 aliphatic rings. The Labute approximate surface area is 80.0 Å². The molecule has 1 aromatic heterocycles. The third-order valence-electron chi connectivity index (χ3n) is 1.96. The molecule has 0 saturated carbocycles. The van der Waals surface area contributed by atoms with E-state index in [9.17, 15) is 4.79 Å². The molecule has 70 valence electrons. The number of pyridine rings is 1. The molecule has 0 fully saturated rings. The second-order valence-electron chi connectivity index (χ2n) is 2.98. The Morgan fingerprint density at radius 2 is 2.14 bits per heavy atom.